The Labute approximate surface area is 161 Å². The van der Waals surface area contributed by atoms with Gasteiger partial charge in [-0.3, -0.25) is 9.59 Å². The maximum atomic E-state index is 12.1. The fraction of sp³-hybridized carbons (Fsp3) is 0.176. The van der Waals surface area contributed by atoms with Crippen molar-refractivity contribution in [3.63, 3.8) is 0 Å². The van der Waals surface area contributed by atoms with Gasteiger partial charge in [-0.25, -0.2) is 9.78 Å². The Hall–Kier alpha value is -2.85. The van der Waals surface area contributed by atoms with Crippen LogP contribution in [-0.2, 0) is 9.53 Å². The number of aromatic hydroxyl groups is 1. The molecule has 3 rings (SSSR count). The summed E-state index contributed by atoms with van der Waals surface area (Å²) in [5.74, 6) is -0.696. The van der Waals surface area contributed by atoms with Gasteiger partial charge in [0.15, 0.2) is 9.99 Å². The summed E-state index contributed by atoms with van der Waals surface area (Å²) in [4.78, 5) is 41.8. The normalized spacial score (nSPS) is 10.7. The molecule has 0 fully saturated rings. The number of nitrogens with one attached hydrogen (secondary N) is 2. The van der Waals surface area contributed by atoms with Crippen LogP contribution in [0.2, 0.25) is 0 Å². The first-order valence-corrected chi connectivity index (χ1v) is 9.69. The van der Waals surface area contributed by atoms with E-state index in [2.05, 4.69) is 15.3 Å². The van der Waals surface area contributed by atoms with Crippen molar-refractivity contribution < 1.29 is 19.4 Å². The molecule has 0 spiro atoms. The number of carbonyl (C=O) groups excluding carboxylic acids is 2. The molecule has 2 heterocycles. The summed E-state index contributed by atoms with van der Waals surface area (Å²) in [6, 6.07) is 7.48. The molecule has 1 aromatic carbocycles. The van der Waals surface area contributed by atoms with E-state index in [0.29, 0.717) is 32.5 Å². The first-order chi connectivity index (χ1) is 13.0. The number of anilines is 1. The second-order valence-electron chi connectivity index (χ2n) is 5.31. The highest BCUT2D eigenvalue weighted by Crippen LogP contribution is 2.32. The van der Waals surface area contributed by atoms with Crippen molar-refractivity contribution in [3.05, 3.63) is 46.2 Å². The summed E-state index contributed by atoms with van der Waals surface area (Å²) in [6.07, 6.45) is 0. The fourth-order valence-corrected chi connectivity index (χ4v) is 4.00. The number of amides is 1. The third-order valence-electron chi connectivity index (χ3n) is 3.36. The maximum Gasteiger partial charge on any atom is 0.338 e. The van der Waals surface area contributed by atoms with E-state index in [-0.39, 0.29) is 17.4 Å². The van der Waals surface area contributed by atoms with Gasteiger partial charge >= 0.3 is 5.97 Å². The van der Waals surface area contributed by atoms with Crippen molar-refractivity contribution in [1.82, 2.24) is 9.97 Å². The molecule has 8 nitrogen and oxygen atoms in total. The number of thiazole rings is 1. The molecule has 3 N–H and O–H groups in total. The quantitative estimate of drug-likeness (QED) is 0.426. The maximum absolute atomic E-state index is 12.1. The minimum Gasteiger partial charge on any atom is -0.506 e. The van der Waals surface area contributed by atoms with Crippen molar-refractivity contribution in [1.29, 1.82) is 0 Å². The molecule has 2 aromatic heterocycles. The molecule has 0 aliphatic carbocycles. The number of rotatable bonds is 6. The van der Waals surface area contributed by atoms with E-state index in [1.165, 1.54) is 23.1 Å². The Balaban J connectivity index is 1.59. The summed E-state index contributed by atoms with van der Waals surface area (Å²) in [7, 11) is 0. The van der Waals surface area contributed by atoms with Crippen molar-refractivity contribution >= 4 is 51.0 Å². The highest BCUT2D eigenvalue weighted by Gasteiger charge is 2.12. The molecule has 27 heavy (non-hydrogen) atoms. The molecule has 140 valence electrons. The van der Waals surface area contributed by atoms with Crippen LogP contribution in [0, 0.1) is 0 Å². The summed E-state index contributed by atoms with van der Waals surface area (Å²) in [5.41, 5.74) is 0.820. The molecule has 0 aliphatic rings. The number of carbonyl (C=O) groups is 2. The molecule has 0 unspecified atom stereocenters. The average Bonchev–Trinajstić information content (AvgIpc) is 3.04. The lowest BCUT2D eigenvalue weighted by atomic mass is 10.2. The molecule has 0 aliphatic heterocycles. The zero-order chi connectivity index (χ0) is 19.4. The van der Waals surface area contributed by atoms with Gasteiger partial charge in [0, 0.05) is 11.8 Å². The number of ether oxygens (including phenoxy) is 1. The minimum atomic E-state index is -0.439. The Bertz CT molecular complexity index is 1040. The first-order valence-electron chi connectivity index (χ1n) is 7.89. The molecule has 10 heteroatoms. The van der Waals surface area contributed by atoms with E-state index >= 15 is 0 Å². The third kappa shape index (κ3) is 4.66. The number of thioether (sulfide) groups is 1. The van der Waals surface area contributed by atoms with Crippen molar-refractivity contribution in [3.8, 4) is 5.75 Å². The van der Waals surface area contributed by atoms with Crippen LogP contribution in [0.25, 0.3) is 10.3 Å². The van der Waals surface area contributed by atoms with Crippen LogP contribution < -0.4 is 10.9 Å². The van der Waals surface area contributed by atoms with Gasteiger partial charge in [-0.2, -0.15) is 0 Å². The van der Waals surface area contributed by atoms with Crippen LogP contribution in [0.3, 0.4) is 0 Å². The lowest BCUT2D eigenvalue weighted by Crippen LogP contribution is -2.14. The van der Waals surface area contributed by atoms with Gasteiger partial charge in [0.1, 0.15) is 10.4 Å². The Morgan fingerprint density at radius 3 is 2.78 bits per heavy atom. The number of hydrogen-bond donors (Lipinski definition) is 3. The average molecular weight is 405 g/mol. The molecule has 0 radical (unpaired) electrons. The number of fused-ring (bicyclic) bond motifs is 1. The SMILES string of the molecule is CCOC(=O)c1ccc(NC(=O)CSc2nc3[nH]c(=O)cc(O)c3s2)cc1. The molecule has 0 saturated carbocycles. The van der Waals surface area contributed by atoms with Gasteiger partial charge in [-0.1, -0.05) is 11.8 Å². The van der Waals surface area contributed by atoms with Crippen LogP contribution in [0.1, 0.15) is 17.3 Å². The van der Waals surface area contributed by atoms with Crippen LogP contribution >= 0.6 is 23.1 Å². The predicted octanol–water partition coefficient (Wildman–Crippen LogP) is 2.60. The molecule has 3 aromatic rings. The van der Waals surface area contributed by atoms with E-state index in [0.717, 1.165) is 6.07 Å². The van der Waals surface area contributed by atoms with Gasteiger partial charge in [0.2, 0.25) is 5.91 Å². The van der Waals surface area contributed by atoms with Crippen molar-refractivity contribution in [2.75, 3.05) is 17.7 Å². The smallest absolute Gasteiger partial charge is 0.338 e. The molecular weight excluding hydrogens is 390 g/mol. The van der Waals surface area contributed by atoms with E-state index in [1.807, 2.05) is 0 Å². The van der Waals surface area contributed by atoms with Crippen LogP contribution in [0.15, 0.2) is 39.5 Å². The van der Waals surface area contributed by atoms with E-state index in [9.17, 15) is 19.5 Å². The van der Waals surface area contributed by atoms with Crippen LogP contribution in [0.5, 0.6) is 5.75 Å². The molecule has 0 atom stereocenters. The minimum absolute atomic E-state index is 0.102. The van der Waals surface area contributed by atoms with E-state index in [4.69, 9.17) is 4.74 Å². The Morgan fingerprint density at radius 2 is 2.07 bits per heavy atom. The summed E-state index contributed by atoms with van der Waals surface area (Å²) >= 11 is 2.38. The molecule has 1 amide bonds. The van der Waals surface area contributed by atoms with Gasteiger partial charge in [0.25, 0.3) is 5.56 Å². The summed E-state index contributed by atoms with van der Waals surface area (Å²) < 4.78 is 5.92. The zero-order valence-electron chi connectivity index (χ0n) is 14.1. The van der Waals surface area contributed by atoms with Gasteiger partial charge in [0.05, 0.1) is 17.9 Å². The van der Waals surface area contributed by atoms with Gasteiger partial charge < -0.3 is 20.1 Å². The topological polar surface area (TPSA) is 121 Å². The number of aromatic amines is 1. The largest absolute Gasteiger partial charge is 0.506 e. The standard InChI is InChI=1S/C17H15N3O5S2/c1-2-25-16(24)9-3-5-10(6-4-9)18-13(23)8-26-17-20-15-14(27-17)11(21)7-12(22)19-15/h3-7H,2,8H2,1H3,(H,18,23)(H2,19,21,22). The molecular formula is C17H15N3O5S2. The number of nitrogens with zero attached hydrogens (tertiary/aromatic N) is 1. The lowest BCUT2D eigenvalue weighted by molar-refractivity contribution is -0.113. The molecule has 0 bridgehead atoms. The second-order valence-corrected chi connectivity index (χ2v) is 7.53. The van der Waals surface area contributed by atoms with Crippen LogP contribution in [0.4, 0.5) is 5.69 Å². The highest BCUT2D eigenvalue weighted by molar-refractivity contribution is 8.01. The number of hydrogen-bond acceptors (Lipinski definition) is 8. The van der Waals surface area contributed by atoms with Crippen molar-refractivity contribution in [2.24, 2.45) is 0 Å². The predicted molar refractivity (Wildman–Crippen MR) is 104 cm³/mol. The third-order valence-corrected chi connectivity index (χ3v) is 5.58. The fourth-order valence-electron chi connectivity index (χ4n) is 2.19. The highest BCUT2D eigenvalue weighted by atomic mass is 32.2. The number of benzene rings is 1. The zero-order valence-corrected chi connectivity index (χ0v) is 15.8. The van der Waals surface area contributed by atoms with E-state index < -0.39 is 11.5 Å². The lowest BCUT2D eigenvalue weighted by Gasteiger charge is -2.06. The number of H-pyrrole nitrogens is 1. The van der Waals surface area contributed by atoms with Gasteiger partial charge in [-0.15, -0.1) is 11.3 Å². The number of pyridine rings is 1. The monoisotopic (exact) mass is 405 g/mol. The van der Waals surface area contributed by atoms with Gasteiger partial charge in [-0.05, 0) is 31.2 Å². The van der Waals surface area contributed by atoms with E-state index in [1.54, 1.807) is 31.2 Å². The number of esters is 1. The Morgan fingerprint density at radius 1 is 1.33 bits per heavy atom. The van der Waals surface area contributed by atoms with Crippen LogP contribution in [-0.4, -0.2) is 39.3 Å². The number of aromatic nitrogens is 2. The Kier molecular flexibility index (Phi) is 5.77. The second kappa shape index (κ2) is 8.23. The summed E-state index contributed by atoms with van der Waals surface area (Å²) in [6.45, 7) is 2.03. The first kappa shape index (κ1) is 18.9. The molecule has 0 saturated heterocycles. The summed E-state index contributed by atoms with van der Waals surface area (Å²) in [5, 5.41) is 12.5. The van der Waals surface area contributed by atoms with Crippen molar-refractivity contribution in [2.45, 2.75) is 11.3 Å².